The van der Waals surface area contributed by atoms with Crippen LogP contribution < -0.4 is 15.4 Å². The monoisotopic (exact) mass is 322 g/mol. The molecule has 124 valence electrons. The van der Waals surface area contributed by atoms with Gasteiger partial charge < -0.3 is 10.5 Å². The van der Waals surface area contributed by atoms with E-state index in [0.717, 1.165) is 29.0 Å². The quantitative estimate of drug-likeness (QED) is 0.919. The Morgan fingerprint density at radius 3 is 2.79 bits per heavy atom. The molecular formula is C20H22N2O2. The summed E-state index contributed by atoms with van der Waals surface area (Å²) in [4.78, 5) is 14.4. The molecule has 2 aromatic rings. The predicted octanol–water partition coefficient (Wildman–Crippen LogP) is 3.23. The summed E-state index contributed by atoms with van der Waals surface area (Å²) in [7, 11) is 1.66. The van der Waals surface area contributed by atoms with E-state index in [4.69, 9.17) is 10.5 Å². The summed E-state index contributed by atoms with van der Waals surface area (Å²) in [5.41, 5.74) is 9.09. The van der Waals surface area contributed by atoms with Crippen LogP contribution in [0.5, 0.6) is 5.75 Å². The summed E-state index contributed by atoms with van der Waals surface area (Å²) >= 11 is 0. The minimum atomic E-state index is -0.275. The van der Waals surface area contributed by atoms with Crippen molar-refractivity contribution >= 4 is 11.6 Å². The van der Waals surface area contributed by atoms with Crippen LogP contribution in [0.15, 0.2) is 60.8 Å². The van der Waals surface area contributed by atoms with Crippen molar-refractivity contribution < 1.29 is 9.53 Å². The number of allylic oxidation sites excluding steroid dienone is 1. The van der Waals surface area contributed by atoms with Gasteiger partial charge in [0.2, 0.25) is 5.91 Å². The van der Waals surface area contributed by atoms with Gasteiger partial charge in [-0.3, -0.25) is 9.69 Å². The molecule has 4 nitrogen and oxygen atoms in total. The molecule has 0 aromatic heterocycles. The Hall–Kier alpha value is -2.59. The van der Waals surface area contributed by atoms with Gasteiger partial charge in [-0.2, -0.15) is 0 Å². The summed E-state index contributed by atoms with van der Waals surface area (Å²) in [6.07, 6.45) is 4.57. The molecular weight excluding hydrogens is 300 g/mol. The van der Waals surface area contributed by atoms with Crippen molar-refractivity contribution in [3.63, 3.8) is 0 Å². The SMILES string of the molecule is COc1cccc(C/C=C/N2C(=O)C(C(C)N)c3ccccc32)c1. The minimum Gasteiger partial charge on any atom is -0.497 e. The highest BCUT2D eigenvalue weighted by molar-refractivity contribution is 6.06. The van der Waals surface area contributed by atoms with Crippen LogP contribution in [0, 0.1) is 0 Å². The van der Waals surface area contributed by atoms with Crippen molar-refractivity contribution in [3.8, 4) is 5.75 Å². The lowest BCUT2D eigenvalue weighted by molar-refractivity contribution is -0.119. The lowest BCUT2D eigenvalue weighted by Crippen LogP contribution is -2.33. The van der Waals surface area contributed by atoms with Crippen LogP contribution >= 0.6 is 0 Å². The van der Waals surface area contributed by atoms with Crippen molar-refractivity contribution in [1.82, 2.24) is 0 Å². The molecule has 0 bridgehead atoms. The molecule has 1 aliphatic heterocycles. The molecule has 0 saturated carbocycles. The molecule has 2 atom stereocenters. The predicted molar refractivity (Wildman–Crippen MR) is 96.2 cm³/mol. The fraction of sp³-hybridized carbons (Fsp3) is 0.250. The van der Waals surface area contributed by atoms with Crippen LogP contribution in [0.4, 0.5) is 5.69 Å². The third-order valence-electron chi connectivity index (χ3n) is 4.30. The lowest BCUT2D eigenvalue weighted by Gasteiger charge is -2.15. The first-order chi connectivity index (χ1) is 11.6. The second-order valence-electron chi connectivity index (χ2n) is 6.04. The normalized spacial score (nSPS) is 18.0. The van der Waals surface area contributed by atoms with Crippen molar-refractivity contribution in [3.05, 3.63) is 71.9 Å². The molecule has 0 saturated heterocycles. The van der Waals surface area contributed by atoms with E-state index in [2.05, 4.69) is 0 Å². The number of ether oxygens (including phenoxy) is 1. The smallest absolute Gasteiger partial charge is 0.240 e. The Kier molecular flexibility index (Phi) is 4.67. The number of methoxy groups -OCH3 is 1. The highest BCUT2D eigenvalue weighted by atomic mass is 16.5. The van der Waals surface area contributed by atoms with Gasteiger partial charge in [0.05, 0.1) is 18.7 Å². The maximum Gasteiger partial charge on any atom is 0.240 e. The van der Waals surface area contributed by atoms with E-state index in [0.29, 0.717) is 0 Å². The van der Waals surface area contributed by atoms with Crippen molar-refractivity contribution in [1.29, 1.82) is 0 Å². The van der Waals surface area contributed by atoms with E-state index >= 15 is 0 Å². The second kappa shape index (κ2) is 6.89. The number of nitrogens with zero attached hydrogens (tertiary/aromatic N) is 1. The molecule has 3 rings (SSSR count). The van der Waals surface area contributed by atoms with Gasteiger partial charge in [-0.1, -0.05) is 36.4 Å². The average molecular weight is 322 g/mol. The van der Waals surface area contributed by atoms with Crippen LogP contribution in [-0.4, -0.2) is 19.1 Å². The van der Waals surface area contributed by atoms with E-state index in [9.17, 15) is 4.79 Å². The Morgan fingerprint density at radius 1 is 1.25 bits per heavy atom. The summed E-state index contributed by atoms with van der Waals surface area (Å²) in [5, 5.41) is 0. The maximum absolute atomic E-state index is 12.7. The van der Waals surface area contributed by atoms with Crippen LogP contribution in [0.1, 0.15) is 24.0 Å². The van der Waals surface area contributed by atoms with Gasteiger partial charge >= 0.3 is 0 Å². The fourth-order valence-electron chi connectivity index (χ4n) is 3.13. The van der Waals surface area contributed by atoms with Crippen molar-refractivity contribution in [2.75, 3.05) is 12.0 Å². The van der Waals surface area contributed by atoms with Gasteiger partial charge in [-0.25, -0.2) is 0 Å². The molecule has 1 aliphatic rings. The first-order valence-electron chi connectivity index (χ1n) is 8.09. The van der Waals surface area contributed by atoms with E-state index in [1.54, 1.807) is 12.0 Å². The highest BCUT2D eigenvalue weighted by Crippen LogP contribution is 2.38. The number of rotatable bonds is 5. The van der Waals surface area contributed by atoms with Gasteiger partial charge in [0, 0.05) is 12.2 Å². The Balaban J connectivity index is 1.80. The summed E-state index contributed by atoms with van der Waals surface area (Å²) < 4.78 is 5.24. The maximum atomic E-state index is 12.7. The van der Waals surface area contributed by atoms with E-state index in [1.807, 2.05) is 67.7 Å². The zero-order valence-corrected chi connectivity index (χ0v) is 14.0. The van der Waals surface area contributed by atoms with Crippen LogP contribution in [0.2, 0.25) is 0 Å². The topological polar surface area (TPSA) is 55.6 Å². The van der Waals surface area contributed by atoms with Gasteiger partial charge in [0.15, 0.2) is 0 Å². The highest BCUT2D eigenvalue weighted by Gasteiger charge is 2.37. The number of hydrogen-bond donors (Lipinski definition) is 1. The van der Waals surface area contributed by atoms with Crippen LogP contribution in [0.3, 0.4) is 0 Å². The zero-order valence-electron chi connectivity index (χ0n) is 14.0. The largest absolute Gasteiger partial charge is 0.497 e. The summed E-state index contributed by atoms with van der Waals surface area (Å²) in [6, 6.07) is 15.5. The van der Waals surface area contributed by atoms with Crippen molar-refractivity contribution in [2.24, 2.45) is 5.73 Å². The van der Waals surface area contributed by atoms with E-state index in [1.165, 1.54) is 0 Å². The van der Waals surface area contributed by atoms with E-state index < -0.39 is 0 Å². The number of hydrogen-bond acceptors (Lipinski definition) is 3. The Bertz CT molecular complexity index is 768. The third-order valence-corrected chi connectivity index (χ3v) is 4.30. The molecule has 0 radical (unpaired) electrons. The van der Waals surface area contributed by atoms with E-state index in [-0.39, 0.29) is 17.9 Å². The molecule has 2 aromatic carbocycles. The number of carbonyl (C=O) groups is 1. The second-order valence-corrected chi connectivity index (χ2v) is 6.04. The molecule has 24 heavy (non-hydrogen) atoms. The van der Waals surface area contributed by atoms with Gasteiger partial charge in [0.25, 0.3) is 0 Å². The molecule has 4 heteroatoms. The zero-order chi connectivity index (χ0) is 17.1. The lowest BCUT2D eigenvalue weighted by atomic mass is 9.95. The summed E-state index contributed by atoms with van der Waals surface area (Å²) in [6.45, 7) is 1.88. The van der Waals surface area contributed by atoms with Gasteiger partial charge in [-0.05, 0) is 42.7 Å². The molecule has 2 unspecified atom stereocenters. The molecule has 1 heterocycles. The fourth-order valence-corrected chi connectivity index (χ4v) is 3.13. The number of amides is 1. The third kappa shape index (κ3) is 3.05. The molecule has 0 fully saturated rings. The summed E-state index contributed by atoms with van der Waals surface area (Å²) in [5.74, 6) is 0.594. The standard InChI is InChI=1S/C20H22N2O2/c1-14(21)19-17-10-3-4-11-18(17)22(20(19)23)12-6-8-15-7-5-9-16(13-15)24-2/h3-7,9-14,19H,8,21H2,1-2H3/b12-6+. The first-order valence-corrected chi connectivity index (χ1v) is 8.09. The number of nitrogens with two attached hydrogens (primary N) is 1. The Labute approximate surface area is 142 Å². The molecule has 0 aliphatic carbocycles. The number of carbonyl (C=O) groups excluding carboxylic acids is 1. The van der Waals surface area contributed by atoms with Gasteiger partial charge in [-0.15, -0.1) is 0 Å². The number of benzene rings is 2. The number of anilines is 1. The average Bonchev–Trinajstić information content (AvgIpc) is 2.87. The first kappa shape index (κ1) is 16.3. The van der Waals surface area contributed by atoms with Crippen LogP contribution in [0.25, 0.3) is 0 Å². The number of fused-ring (bicyclic) bond motifs is 1. The van der Waals surface area contributed by atoms with Gasteiger partial charge in [0.1, 0.15) is 5.75 Å². The molecule has 1 amide bonds. The molecule has 2 N–H and O–H groups in total. The van der Waals surface area contributed by atoms with Crippen molar-refractivity contribution in [2.45, 2.75) is 25.3 Å². The Morgan fingerprint density at radius 2 is 2.04 bits per heavy atom. The molecule has 0 spiro atoms. The van der Waals surface area contributed by atoms with Crippen LogP contribution in [-0.2, 0) is 11.2 Å². The minimum absolute atomic E-state index is 0.0353. The number of para-hydroxylation sites is 1.